The van der Waals surface area contributed by atoms with E-state index in [0.29, 0.717) is 43.3 Å². The molecule has 1 aliphatic heterocycles. The summed E-state index contributed by atoms with van der Waals surface area (Å²) >= 11 is 0. The molecule has 7 nitrogen and oxygen atoms in total. The minimum Gasteiger partial charge on any atom is -0.420 e. The van der Waals surface area contributed by atoms with Crippen molar-refractivity contribution in [2.45, 2.75) is 51.7 Å². The Kier molecular flexibility index (Phi) is 5.27. The van der Waals surface area contributed by atoms with Crippen LogP contribution in [0.15, 0.2) is 33.5 Å². The molecule has 0 saturated carbocycles. The zero-order valence-corrected chi connectivity index (χ0v) is 17.4. The number of nitrogens with zero attached hydrogens (tertiary/aromatic N) is 3. The normalized spacial score (nSPS) is 19.5. The van der Waals surface area contributed by atoms with E-state index in [2.05, 4.69) is 41.6 Å². The summed E-state index contributed by atoms with van der Waals surface area (Å²) in [5.41, 5.74) is 2.39. The lowest BCUT2D eigenvalue weighted by molar-refractivity contribution is -0.0417. The van der Waals surface area contributed by atoms with E-state index in [0.717, 1.165) is 23.2 Å². The number of ether oxygens (including phenoxy) is 2. The highest BCUT2D eigenvalue weighted by molar-refractivity contribution is 5.82. The highest BCUT2D eigenvalue weighted by atomic mass is 16.6. The number of hydrogen-bond donors (Lipinski definition) is 0. The van der Waals surface area contributed by atoms with Gasteiger partial charge in [0.25, 0.3) is 5.89 Å². The van der Waals surface area contributed by atoms with Gasteiger partial charge >= 0.3 is 0 Å². The number of pyridine rings is 1. The number of fused-ring (bicyclic) bond motifs is 1. The van der Waals surface area contributed by atoms with Crippen LogP contribution in [0.25, 0.3) is 10.9 Å². The molecule has 29 heavy (non-hydrogen) atoms. The fourth-order valence-electron chi connectivity index (χ4n) is 4.06. The smallest absolute Gasteiger partial charge is 0.250 e. The minimum atomic E-state index is -0.674. The quantitative estimate of drug-likeness (QED) is 0.634. The third-order valence-electron chi connectivity index (χ3n) is 5.74. The molecule has 3 aromatic rings. The molecule has 154 valence electrons. The molecule has 0 bridgehead atoms. The molecule has 1 aromatic carbocycles. The molecule has 0 spiro atoms. The van der Waals surface area contributed by atoms with Crippen LogP contribution in [-0.2, 0) is 28.0 Å². The van der Waals surface area contributed by atoms with Crippen LogP contribution < -0.4 is 5.43 Å². The van der Waals surface area contributed by atoms with Crippen LogP contribution >= 0.6 is 0 Å². The molecule has 1 saturated heterocycles. The molecule has 0 N–H and O–H groups in total. The molecule has 0 aliphatic carbocycles. The predicted molar refractivity (Wildman–Crippen MR) is 109 cm³/mol. The second kappa shape index (κ2) is 7.72. The number of benzene rings is 1. The average molecular weight is 397 g/mol. The largest absolute Gasteiger partial charge is 0.420 e. The van der Waals surface area contributed by atoms with Gasteiger partial charge in [0, 0.05) is 30.7 Å². The Morgan fingerprint density at radius 2 is 2.14 bits per heavy atom. The second-order valence-electron chi connectivity index (χ2n) is 7.84. The van der Waals surface area contributed by atoms with Crippen LogP contribution in [0.2, 0.25) is 0 Å². The van der Waals surface area contributed by atoms with Crippen molar-refractivity contribution in [3.05, 3.63) is 57.5 Å². The molecule has 7 heteroatoms. The summed E-state index contributed by atoms with van der Waals surface area (Å²) in [6, 6.07) is 7.62. The van der Waals surface area contributed by atoms with E-state index >= 15 is 0 Å². The topological polar surface area (TPSA) is 79.4 Å². The molecule has 1 fully saturated rings. The molecule has 0 amide bonds. The van der Waals surface area contributed by atoms with Gasteiger partial charge in [0.2, 0.25) is 5.89 Å². The fourth-order valence-corrected chi connectivity index (χ4v) is 4.06. The van der Waals surface area contributed by atoms with Crippen molar-refractivity contribution >= 4 is 10.9 Å². The molecular formula is C22H27N3O4. The lowest BCUT2D eigenvalue weighted by Crippen LogP contribution is -2.29. The third-order valence-corrected chi connectivity index (χ3v) is 5.74. The van der Waals surface area contributed by atoms with Gasteiger partial charge in [-0.1, -0.05) is 32.9 Å². The number of aryl methyl sites for hydroxylation is 1. The maximum absolute atomic E-state index is 12.7. The fraction of sp³-hybridized carbons (Fsp3) is 0.500. The molecule has 2 aromatic heterocycles. The predicted octanol–water partition coefficient (Wildman–Crippen LogP) is 3.38. The molecule has 4 rings (SSSR count). The van der Waals surface area contributed by atoms with Gasteiger partial charge < -0.3 is 18.5 Å². The van der Waals surface area contributed by atoms with Crippen molar-refractivity contribution in [3.63, 3.8) is 0 Å². The summed E-state index contributed by atoms with van der Waals surface area (Å²) in [5.74, 6) is 1.11. The Hall–Kier alpha value is -2.51. The molecule has 1 aliphatic rings. The standard InChI is InChI=1S/C22H27N3O4/c1-5-15-7-6-8-16-18(26)11-17(14(2)3)25(20(15)16)12-19-23-24-21(29-19)22(27-4)9-10-28-13-22/h6-8,11,14H,5,9-10,12-13H2,1-4H3. The van der Waals surface area contributed by atoms with E-state index in [1.807, 2.05) is 12.1 Å². The van der Waals surface area contributed by atoms with E-state index in [1.54, 1.807) is 13.2 Å². The SMILES string of the molecule is CCc1cccc2c(=O)cc(C(C)C)n(Cc3nnc(C4(OC)CCOC4)o3)c12. The van der Waals surface area contributed by atoms with Crippen LogP contribution in [0, 0.1) is 0 Å². The Bertz CT molecular complexity index is 1080. The summed E-state index contributed by atoms with van der Waals surface area (Å²) in [5, 5.41) is 9.25. The van der Waals surface area contributed by atoms with Crippen molar-refractivity contribution < 1.29 is 13.9 Å². The Balaban J connectivity index is 1.83. The zero-order chi connectivity index (χ0) is 20.6. The number of aromatic nitrogens is 3. The number of para-hydroxylation sites is 1. The first-order valence-electron chi connectivity index (χ1n) is 10.1. The second-order valence-corrected chi connectivity index (χ2v) is 7.84. The number of methoxy groups -OCH3 is 1. The lowest BCUT2D eigenvalue weighted by atomic mass is 10.0. The Morgan fingerprint density at radius 1 is 1.31 bits per heavy atom. The molecular weight excluding hydrogens is 370 g/mol. The number of hydrogen-bond acceptors (Lipinski definition) is 6. The van der Waals surface area contributed by atoms with E-state index in [4.69, 9.17) is 13.9 Å². The average Bonchev–Trinajstić information content (AvgIpc) is 3.39. The van der Waals surface area contributed by atoms with Crippen molar-refractivity contribution in [3.8, 4) is 0 Å². The van der Waals surface area contributed by atoms with Gasteiger partial charge in [-0.25, -0.2) is 0 Å². The summed E-state index contributed by atoms with van der Waals surface area (Å²) in [4.78, 5) is 12.7. The molecule has 1 unspecified atom stereocenters. The van der Waals surface area contributed by atoms with Crippen molar-refractivity contribution in [2.75, 3.05) is 20.3 Å². The zero-order valence-electron chi connectivity index (χ0n) is 17.4. The maximum Gasteiger partial charge on any atom is 0.250 e. The summed E-state index contributed by atoms with van der Waals surface area (Å²) in [7, 11) is 1.64. The van der Waals surface area contributed by atoms with Gasteiger partial charge in [0.15, 0.2) is 11.0 Å². The van der Waals surface area contributed by atoms with Crippen LogP contribution in [0.1, 0.15) is 56.1 Å². The van der Waals surface area contributed by atoms with Gasteiger partial charge in [-0.15, -0.1) is 10.2 Å². The molecule has 0 radical (unpaired) electrons. The van der Waals surface area contributed by atoms with Crippen molar-refractivity contribution in [2.24, 2.45) is 0 Å². The Morgan fingerprint density at radius 3 is 2.79 bits per heavy atom. The summed E-state index contributed by atoms with van der Waals surface area (Å²) in [6.07, 6.45) is 1.51. The van der Waals surface area contributed by atoms with Crippen LogP contribution in [-0.4, -0.2) is 35.1 Å². The van der Waals surface area contributed by atoms with E-state index in [9.17, 15) is 4.79 Å². The van der Waals surface area contributed by atoms with Crippen molar-refractivity contribution in [1.82, 2.24) is 14.8 Å². The highest BCUT2D eigenvalue weighted by Gasteiger charge is 2.42. The van der Waals surface area contributed by atoms with Crippen molar-refractivity contribution in [1.29, 1.82) is 0 Å². The van der Waals surface area contributed by atoms with E-state index in [1.165, 1.54) is 0 Å². The van der Waals surface area contributed by atoms with Gasteiger partial charge in [0.1, 0.15) is 6.54 Å². The first kappa shape index (κ1) is 19.8. The first-order chi connectivity index (χ1) is 14.0. The molecule has 3 heterocycles. The first-order valence-corrected chi connectivity index (χ1v) is 10.1. The highest BCUT2D eigenvalue weighted by Crippen LogP contribution is 2.33. The maximum atomic E-state index is 12.7. The Labute approximate surface area is 169 Å². The van der Waals surface area contributed by atoms with Gasteiger partial charge in [-0.05, 0) is 24.0 Å². The minimum absolute atomic E-state index is 0.0444. The van der Waals surface area contributed by atoms with Gasteiger partial charge in [-0.3, -0.25) is 4.79 Å². The van der Waals surface area contributed by atoms with E-state index < -0.39 is 5.60 Å². The lowest BCUT2D eigenvalue weighted by Gasteiger charge is -2.21. The van der Waals surface area contributed by atoms with E-state index in [-0.39, 0.29) is 11.3 Å². The summed E-state index contributed by atoms with van der Waals surface area (Å²) < 4.78 is 19.3. The van der Waals surface area contributed by atoms with Gasteiger partial charge in [-0.2, -0.15) is 0 Å². The van der Waals surface area contributed by atoms with Gasteiger partial charge in [0.05, 0.1) is 18.7 Å². The van der Waals surface area contributed by atoms with Crippen LogP contribution in [0.5, 0.6) is 0 Å². The monoisotopic (exact) mass is 397 g/mol. The summed E-state index contributed by atoms with van der Waals surface area (Å²) in [6.45, 7) is 7.67. The third kappa shape index (κ3) is 3.38. The van der Waals surface area contributed by atoms with Crippen LogP contribution in [0.4, 0.5) is 0 Å². The molecule has 1 atom stereocenters. The van der Waals surface area contributed by atoms with Crippen LogP contribution in [0.3, 0.4) is 0 Å². The number of rotatable bonds is 6.